The smallest absolute Gasteiger partial charge is 0.262 e. The SMILES string of the molecule is COCCCn1c(S[C@H](C)C(=O)Nc2ncc(Cl)cc2Cl)nc2ccccc2c1=O. The first-order valence-electron chi connectivity index (χ1n) is 9.17. The molecule has 0 aliphatic rings. The van der Waals surface area contributed by atoms with Crippen molar-refractivity contribution in [3.63, 3.8) is 0 Å². The summed E-state index contributed by atoms with van der Waals surface area (Å²) < 4.78 is 6.69. The maximum atomic E-state index is 13.0. The Labute approximate surface area is 187 Å². The van der Waals surface area contributed by atoms with Crippen LogP contribution in [0.15, 0.2) is 46.5 Å². The Morgan fingerprint density at radius 1 is 1.33 bits per heavy atom. The molecule has 7 nitrogen and oxygen atoms in total. The van der Waals surface area contributed by atoms with Crippen molar-refractivity contribution in [1.82, 2.24) is 14.5 Å². The van der Waals surface area contributed by atoms with Crippen molar-refractivity contribution in [2.45, 2.75) is 30.3 Å². The van der Waals surface area contributed by atoms with Crippen LogP contribution < -0.4 is 10.9 Å². The van der Waals surface area contributed by atoms with Crippen molar-refractivity contribution in [3.05, 3.63) is 56.9 Å². The molecule has 1 N–H and O–H groups in total. The molecule has 158 valence electrons. The van der Waals surface area contributed by atoms with E-state index in [1.165, 1.54) is 24.0 Å². The van der Waals surface area contributed by atoms with Crippen LogP contribution in [0.5, 0.6) is 0 Å². The Morgan fingerprint density at radius 2 is 2.10 bits per heavy atom. The summed E-state index contributed by atoms with van der Waals surface area (Å²) in [6.07, 6.45) is 2.05. The number of hydrogen-bond donors (Lipinski definition) is 1. The predicted octanol–water partition coefficient (Wildman–Crippen LogP) is 4.25. The van der Waals surface area contributed by atoms with Crippen LogP contribution in [0.2, 0.25) is 10.0 Å². The normalized spacial score (nSPS) is 12.1. The lowest BCUT2D eigenvalue weighted by molar-refractivity contribution is -0.115. The summed E-state index contributed by atoms with van der Waals surface area (Å²) in [7, 11) is 1.61. The van der Waals surface area contributed by atoms with E-state index in [1.54, 1.807) is 36.8 Å². The summed E-state index contributed by atoms with van der Waals surface area (Å²) in [6.45, 7) is 2.68. The zero-order valence-electron chi connectivity index (χ0n) is 16.4. The van der Waals surface area contributed by atoms with Gasteiger partial charge in [-0.2, -0.15) is 0 Å². The molecule has 0 spiro atoms. The van der Waals surface area contributed by atoms with Crippen molar-refractivity contribution in [3.8, 4) is 0 Å². The van der Waals surface area contributed by atoms with Gasteiger partial charge in [0.05, 0.1) is 26.2 Å². The molecule has 0 aliphatic carbocycles. The number of carbonyl (C=O) groups excluding carboxylic acids is 1. The molecule has 0 bridgehead atoms. The van der Waals surface area contributed by atoms with Crippen LogP contribution in [-0.4, -0.2) is 39.4 Å². The number of pyridine rings is 1. The Bertz CT molecular complexity index is 1120. The van der Waals surface area contributed by atoms with E-state index in [0.717, 1.165) is 0 Å². The number of nitrogens with zero attached hydrogens (tertiary/aromatic N) is 3. The van der Waals surface area contributed by atoms with Crippen molar-refractivity contribution < 1.29 is 9.53 Å². The van der Waals surface area contributed by atoms with Crippen LogP contribution >= 0.6 is 35.0 Å². The van der Waals surface area contributed by atoms with Gasteiger partial charge in [0.15, 0.2) is 11.0 Å². The van der Waals surface area contributed by atoms with Gasteiger partial charge in [-0.3, -0.25) is 14.2 Å². The fourth-order valence-electron chi connectivity index (χ4n) is 2.74. The number of halogens is 2. The van der Waals surface area contributed by atoms with Crippen LogP contribution in [0, 0.1) is 0 Å². The number of thioether (sulfide) groups is 1. The minimum atomic E-state index is -0.555. The van der Waals surface area contributed by atoms with Crippen LogP contribution in [0.1, 0.15) is 13.3 Å². The summed E-state index contributed by atoms with van der Waals surface area (Å²) in [5.74, 6) is -0.0926. The number of rotatable bonds is 8. The van der Waals surface area contributed by atoms with E-state index < -0.39 is 5.25 Å². The van der Waals surface area contributed by atoms with Gasteiger partial charge in [0.25, 0.3) is 5.56 Å². The van der Waals surface area contributed by atoms with Crippen molar-refractivity contribution in [1.29, 1.82) is 0 Å². The van der Waals surface area contributed by atoms with Crippen LogP contribution in [0.3, 0.4) is 0 Å². The van der Waals surface area contributed by atoms with E-state index >= 15 is 0 Å². The standard InChI is InChI=1S/C20H20Cl2N4O3S/c1-12(18(27)25-17-15(22)10-13(21)11-23-17)30-20-24-16-7-4-3-6-14(16)19(28)26(20)8-5-9-29-2/h3-4,6-7,10-12H,5,8-9H2,1-2H3,(H,23,25,27)/t12-/m1/s1. The highest BCUT2D eigenvalue weighted by Gasteiger charge is 2.20. The van der Waals surface area contributed by atoms with Crippen molar-refractivity contribution >= 4 is 57.6 Å². The number of aromatic nitrogens is 3. The molecule has 1 atom stereocenters. The predicted molar refractivity (Wildman–Crippen MR) is 121 cm³/mol. The molecule has 1 amide bonds. The first-order chi connectivity index (χ1) is 14.4. The topological polar surface area (TPSA) is 86.1 Å². The van der Waals surface area contributed by atoms with Gasteiger partial charge in [0.1, 0.15) is 0 Å². The monoisotopic (exact) mass is 466 g/mol. The third-order valence-corrected chi connectivity index (χ3v) is 5.84. The van der Waals surface area contributed by atoms with Gasteiger partial charge in [0.2, 0.25) is 5.91 Å². The Balaban J connectivity index is 1.86. The lowest BCUT2D eigenvalue weighted by Gasteiger charge is -2.16. The zero-order valence-corrected chi connectivity index (χ0v) is 18.7. The third kappa shape index (κ3) is 5.31. The Kier molecular flexibility index (Phi) is 7.71. The van der Waals surface area contributed by atoms with E-state index in [9.17, 15) is 9.59 Å². The van der Waals surface area contributed by atoms with Crippen LogP contribution in [0.4, 0.5) is 5.82 Å². The molecule has 0 aliphatic heterocycles. The van der Waals surface area contributed by atoms with Gasteiger partial charge < -0.3 is 10.1 Å². The summed E-state index contributed by atoms with van der Waals surface area (Å²) in [6, 6.07) is 8.65. The molecule has 30 heavy (non-hydrogen) atoms. The van der Waals surface area contributed by atoms with E-state index in [4.69, 9.17) is 27.9 Å². The molecular weight excluding hydrogens is 447 g/mol. The second-order valence-corrected chi connectivity index (χ2v) is 8.60. The van der Waals surface area contributed by atoms with Crippen molar-refractivity contribution in [2.24, 2.45) is 0 Å². The van der Waals surface area contributed by atoms with E-state index in [0.29, 0.717) is 40.7 Å². The van der Waals surface area contributed by atoms with Gasteiger partial charge in [-0.05, 0) is 31.5 Å². The number of nitrogens with one attached hydrogen (secondary N) is 1. The fourth-order valence-corrected chi connectivity index (χ4v) is 4.10. The number of carbonyl (C=O) groups is 1. The number of anilines is 1. The Hall–Kier alpha value is -2.13. The van der Waals surface area contributed by atoms with E-state index in [-0.39, 0.29) is 22.3 Å². The first kappa shape index (κ1) is 22.6. The average Bonchev–Trinajstić information content (AvgIpc) is 2.72. The van der Waals surface area contributed by atoms with E-state index in [2.05, 4.69) is 15.3 Å². The molecular formula is C20H20Cl2N4O3S. The molecule has 2 heterocycles. The number of fused-ring (bicyclic) bond motifs is 1. The third-order valence-electron chi connectivity index (χ3n) is 4.26. The van der Waals surface area contributed by atoms with Crippen molar-refractivity contribution in [2.75, 3.05) is 19.0 Å². The Morgan fingerprint density at radius 3 is 2.83 bits per heavy atom. The summed E-state index contributed by atoms with van der Waals surface area (Å²) in [5, 5.41) is 3.75. The highest BCUT2D eigenvalue weighted by Crippen LogP contribution is 2.26. The maximum absolute atomic E-state index is 13.0. The lowest BCUT2D eigenvalue weighted by atomic mass is 10.2. The summed E-state index contributed by atoms with van der Waals surface area (Å²) in [4.78, 5) is 34.3. The van der Waals surface area contributed by atoms with E-state index in [1.807, 2.05) is 6.07 Å². The molecule has 0 unspecified atom stereocenters. The van der Waals surface area contributed by atoms with Crippen LogP contribution in [-0.2, 0) is 16.1 Å². The minimum Gasteiger partial charge on any atom is -0.385 e. The number of ether oxygens (including phenoxy) is 1. The number of para-hydroxylation sites is 1. The fraction of sp³-hybridized carbons (Fsp3) is 0.300. The first-order valence-corrected chi connectivity index (χ1v) is 10.8. The summed E-state index contributed by atoms with van der Waals surface area (Å²) >= 11 is 13.1. The van der Waals surface area contributed by atoms with Gasteiger partial charge >= 0.3 is 0 Å². The molecule has 0 radical (unpaired) electrons. The zero-order chi connectivity index (χ0) is 21.7. The van der Waals surface area contributed by atoms with Crippen LogP contribution in [0.25, 0.3) is 10.9 Å². The second kappa shape index (κ2) is 10.3. The molecule has 0 saturated carbocycles. The quantitative estimate of drug-likeness (QED) is 0.303. The molecule has 0 saturated heterocycles. The highest BCUT2D eigenvalue weighted by molar-refractivity contribution is 8.00. The number of amides is 1. The van der Waals surface area contributed by atoms with Gasteiger partial charge in [0, 0.05) is 26.5 Å². The molecule has 0 fully saturated rings. The average molecular weight is 467 g/mol. The molecule has 1 aromatic carbocycles. The molecule has 2 aromatic heterocycles. The maximum Gasteiger partial charge on any atom is 0.262 e. The molecule has 10 heteroatoms. The highest BCUT2D eigenvalue weighted by atomic mass is 35.5. The number of benzene rings is 1. The van der Waals surface area contributed by atoms with Gasteiger partial charge in [-0.15, -0.1) is 0 Å². The molecule has 3 aromatic rings. The number of hydrogen-bond acceptors (Lipinski definition) is 6. The van der Waals surface area contributed by atoms with Gasteiger partial charge in [-0.1, -0.05) is 47.1 Å². The largest absolute Gasteiger partial charge is 0.385 e. The minimum absolute atomic E-state index is 0.144. The number of methoxy groups -OCH3 is 1. The second-order valence-electron chi connectivity index (χ2n) is 6.45. The van der Waals surface area contributed by atoms with Gasteiger partial charge in [-0.25, -0.2) is 9.97 Å². The molecule has 3 rings (SSSR count). The lowest BCUT2D eigenvalue weighted by Crippen LogP contribution is -2.27. The summed E-state index contributed by atoms with van der Waals surface area (Å²) in [5.41, 5.74) is 0.442.